The molecule has 4 N–H and O–H groups in total. The van der Waals surface area contributed by atoms with Crippen LogP contribution in [0.1, 0.15) is 198 Å². The molecule has 0 amide bonds. The Kier molecular flexibility index (Phi) is 25.2. The number of rotatable bonds is 26. The molecule has 4 atom stereocenters. The Hall–Kier alpha value is -2.36. The van der Waals surface area contributed by atoms with E-state index in [0.29, 0.717) is 59.7 Å². The van der Waals surface area contributed by atoms with Crippen molar-refractivity contribution < 1.29 is 0 Å². The fourth-order valence-electron chi connectivity index (χ4n) is 8.42. The molecule has 0 aromatic heterocycles. The molecule has 0 fully saturated rings. The van der Waals surface area contributed by atoms with E-state index < -0.39 is 0 Å². The number of benzene rings is 2. The highest BCUT2D eigenvalue weighted by atomic mass is 15.0. The molecule has 0 bridgehead atoms. The van der Waals surface area contributed by atoms with E-state index in [1.165, 1.54) is 109 Å². The second-order valence-electron chi connectivity index (χ2n) is 20.4. The summed E-state index contributed by atoms with van der Waals surface area (Å²) in [5, 5.41) is 15.4. The third kappa shape index (κ3) is 22.0. The van der Waals surface area contributed by atoms with Gasteiger partial charge in [-0.1, -0.05) is 122 Å². The van der Waals surface area contributed by atoms with Crippen molar-refractivity contribution in [3.8, 4) is 0 Å². The Morgan fingerprint density at radius 1 is 0.339 bits per heavy atom. The van der Waals surface area contributed by atoms with E-state index in [9.17, 15) is 0 Å². The van der Waals surface area contributed by atoms with Gasteiger partial charge in [0.25, 0.3) is 0 Å². The first-order chi connectivity index (χ1) is 26.2. The van der Waals surface area contributed by atoms with Gasteiger partial charge in [0.1, 0.15) is 0 Å². The van der Waals surface area contributed by atoms with Gasteiger partial charge in [-0.3, -0.25) is 0 Å². The van der Waals surface area contributed by atoms with Gasteiger partial charge in [-0.15, -0.1) is 0 Å². The molecule has 0 saturated heterocycles. The third-order valence-corrected chi connectivity index (χ3v) is 10.4. The van der Waals surface area contributed by atoms with Crippen LogP contribution in [0.3, 0.4) is 0 Å². The lowest BCUT2D eigenvalue weighted by molar-refractivity contribution is 0.537. The van der Waals surface area contributed by atoms with Crippen molar-refractivity contribution in [2.24, 2.45) is 35.5 Å². The Balaban J connectivity index is 0.000000560. The van der Waals surface area contributed by atoms with Crippen molar-refractivity contribution in [3.05, 3.63) is 46.5 Å². The summed E-state index contributed by atoms with van der Waals surface area (Å²) in [5.74, 6) is 4.17. The molecule has 2 rings (SSSR count). The summed E-state index contributed by atoms with van der Waals surface area (Å²) in [7, 11) is 0. The minimum atomic E-state index is 0.489. The molecule has 2 aromatic rings. The van der Waals surface area contributed by atoms with Gasteiger partial charge in [0, 0.05) is 46.9 Å². The summed E-state index contributed by atoms with van der Waals surface area (Å²) in [6, 6.07) is 11.8. The van der Waals surface area contributed by atoms with Crippen LogP contribution in [0.25, 0.3) is 0 Å². The number of aryl methyl sites for hydroxylation is 2. The monoisotopic (exact) mass is 777 g/mol. The maximum absolute atomic E-state index is 3.85. The first-order valence-electron chi connectivity index (χ1n) is 23.6. The minimum Gasteiger partial charge on any atom is -0.382 e. The molecule has 0 aliphatic carbocycles. The molecular weight excluding hydrogens is 681 g/mol. The van der Waals surface area contributed by atoms with Gasteiger partial charge < -0.3 is 21.3 Å². The van der Waals surface area contributed by atoms with Crippen molar-refractivity contribution >= 4 is 22.7 Å². The molecule has 0 radical (unpaired) electrons. The van der Waals surface area contributed by atoms with Gasteiger partial charge in [-0.05, 0) is 162 Å². The van der Waals surface area contributed by atoms with Crippen LogP contribution in [0.15, 0.2) is 24.3 Å². The molecule has 4 unspecified atom stereocenters. The zero-order valence-corrected chi connectivity index (χ0v) is 40.6. The van der Waals surface area contributed by atoms with Crippen molar-refractivity contribution in [3.63, 3.8) is 0 Å². The summed E-state index contributed by atoms with van der Waals surface area (Å²) in [6.45, 7) is 41.6. The average molecular weight is 777 g/mol. The molecule has 0 saturated carbocycles. The van der Waals surface area contributed by atoms with E-state index in [2.05, 4.69) is 170 Å². The lowest BCUT2D eigenvalue weighted by atomic mass is 9.93. The smallest absolute Gasteiger partial charge is 0.0395 e. The average Bonchev–Trinajstić information content (AvgIpc) is 3.04. The normalized spacial score (nSPS) is 14.0. The lowest BCUT2D eigenvalue weighted by Gasteiger charge is -2.26. The molecule has 2 aromatic carbocycles. The standard InChI is InChI=1S/2C26H48N2/c1-17(2)11-21(9)27-25-16-26(28-22(10)12-18(3)4)24(14-20(7)8)15-23(25)13-19(5)6;1-9-11-13-23-17-24(14-12-10-2)26(28-22(8)16-20(5)6)18-25(23)27-21(7)15-19(3)4/h15-22,27-28H,11-14H2,1-10H3;17-22,27-28H,9-16H2,1-8H3. The summed E-state index contributed by atoms with van der Waals surface area (Å²) in [4.78, 5) is 0. The second-order valence-corrected chi connectivity index (χ2v) is 20.4. The van der Waals surface area contributed by atoms with E-state index in [1.54, 1.807) is 0 Å². The van der Waals surface area contributed by atoms with Gasteiger partial charge in [-0.2, -0.15) is 0 Å². The molecular formula is C52H96N4. The minimum absolute atomic E-state index is 0.489. The second kappa shape index (κ2) is 27.4. The maximum Gasteiger partial charge on any atom is 0.0395 e. The van der Waals surface area contributed by atoms with Crippen LogP contribution in [0.4, 0.5) is 22.7 Å². The highest BCUT2D eigenvalue weighted by Crippen LogP contribution is 2.33. The van der Waals surface area contributed by atoms with Crippen LogP contribution in [-0.2, 0) is 25.7 Å². The Bertz CT molecular complexity index is 1230. The third-order valence-electron chi connectivity index (χ3n) is 10.4. The Labute approximate surface area is 350 Å². The summed E-state index contributed by atoms with van der Waals surface area (Å²) >= 11 is 0. The predicted octanol–water partition coefficient (Wildman–Crippen LogP) is 15.8. The van der Waals surface area contributed by atoms with E-state index in [1.807, 2.05) is 0 Å². The molecule has 324 valence electrons. The van der Waals surface area contributed by atoms with Gasteiger partial charge >= 0.3 is 0 Å². The molecule has 0 aliphatic heterocycles. The molecule has 0 aliphatic rings. The largest absolute Gasteiger partial charge is 0.382 e. The van der Waals surface area contributed by atoms with E-state index >= 15 is 0 Å². The van der Waals surface area contributed by atoms with Gasteiger partial charge in [0.2, 0.25) is 0 Å². The number of anilines is 4. The molecule has 56 heavy (non-hydrogen) atoms. The lowest BCUT2D eigenvalue weighted by Crippen LogP contribution is -2.21. The Morgan fingerprint density at radius 2 is 0.589 bits per heavy atom. The SMILES string of the molecule is CC(C)Cc1cc(CC(C)C)c(NC(C)CC(C)C)cc1NC(C)CC(C)C.CCCCc1cc(CCCC)c(NC(C)CC(C)C)cc1NC(C)CC(C)C. The highest BCUT2D eigenvalue weighted by molar-refractivity contribution is 5.67. The van der Waals surface area contributed by atoms with Crippen LogP contribution in [0.5, 0.6) is 0 Å². The molecule has 4 heteroatoms. The predicted molar refractivity (Wildman–Crippen MR) is 257 cm³/mol. The summed E-state index contributed by atoms with van der Waals surface area (Å²) in [6.07, 6.45) is 14.4. The summed E-state index contributed by atoms with van der Waals surface area (Å²) in [5.41, 5.74) is 11.3. The number of hydrogen-bond donors (Lipinski definition) is 4. The molecule has 0 spiro atoms. The highest BCUT2D eigenvalue weighted by Gasteiger charge is 2.18. The van der Waals surface area contributed by atoms with Crippen LogP contribution in [0.2, 0.25) is 0 Å². The number of hydrogen-bond acceptors (Lipinski definition) is 4. The molecule has 0 heterocycles. The van der Waals surface area contributed by atoms with Gasteiger partial charge in [-0.25, -0.2) is 0 Å². The quantitative estimate of drug-likeness (QED) is 0.0768. The van der Waals surface area contributed by atoms with Crippen molar-refractivity contribution in [2.45, 2.75) is 226 Å². The number of nitrogens with one attached hydrogen (secondary N) is 4. The molecule has 4 nitrogen and oxygen atoms in total. The van der Waals surface area contributed by atoms with Crippen molar-refractivity contribution in [1.82, 2.24) is 0 Å². The topological polar surface area (TPSA) is 48.1 Å². The van der Waals surface area contributed by atoms with Gasteiger partial charge in [0.05, 0.1) is 0 Å². The maximum atomic E-state index is 3.85. The fourth-order valence-corrected chi connectivity index (χ4v) is 8.42. The van der Waals surface area contributed by atoms with Gasteiger partial charge in [0.15, 0.2) is 0 Å². The Morgan fingerprint density at radius 3 is 0.821 bits per heavy atom. The van der Waals surface area contributed by atoms with E-state index in [4.69, 9.17) is 0 Å². The first-order valence-corrected chi connectivity index (χ1v) is 23.6. The van der Waals surface area contributed by atoms with E-state index in [-0.39, 0.29) is 0 Å². The van der Waals surface area contributed by atoms with Crippen LogP contribution >= 0.6 is 0 Å². The summed E-state index contributed by atoms with van der Waals surface area (Å²) < 4.78 is 0. The van der Waals surface area contributed by atoms with Crippen LogP contribution in [-0.4, -0.2) is 24.2 Å². The van der Waals surface area contributed by atoms with Crippen LogP contribution in [0, 0.1) is 35.5 Å². The number of unbranched alkanes of at least 4 members (excludes halogenated alkanes) is 2. The first kappa shape index (κ1) is 51.7. The van der Waals surface area contributed by atoms with E-state index in [0.717, 1.165) is 12.8 Å². The zero-order chi connectivity index (χ0) is 42.5. The van der Waals surface area contributed by atoms with Crippen molar-refractivity contribution in [1.29, 1.82) is 0 Å². The van der Waals surface area contributed by atoms with Crippen LogP contribution < -0.4 is 21.3 Å². The fraction of sp³-hybridized carbons (Fsp3) is 0.769. The van der Waals surface area contributed by atoms with Crippen molar-refractivity contribution in [2.75, 3.05) is 21.3 Å². The zero-order valence-electron chi connectivity index (χ0n) is 40.6.